The van der Waals surface area contributed by atoms with E-state index in [0.717, 1.165) is 42.1 Å². The molecule has 2 aliphatic rings. The van der Waals surface area contributed by atoms with Crippen molar-refractivity contribution < 1.29 is 9.53 Å². The maximum Gasteiger partial charge on any atom is 0.156 e. The van der Waals surface area contributed by atoms with E-state index >= 15 is 0 Å². The molecular formula is C20H27N5O2. The second-order valence-corrected chi connectivity index (χ2v) is 7.53. The largest absolute Gasteiger partial charge is 0.494 e. The Morgan fingerprint density at radius 3 is 2.96 bits per heavy atom. The standard InChI is InChI=1S/C20H27N5O2/c26-17-12-15-13-18(9-10-19(15)21-14-17)27-11-5-4-8-20-22-23-24-25(20)16-6-2-1-3-7-16/h9-10,13,16,21H,1-8,11-12,14H2. The molecule has 27 heavy (non-hydrogen) atoms. The van der Waals surface area contributed by atoms with Gasteiger partial charge in [-0.25, -0.2) is 4.68 Å². The summed E-state index contributed by atoms with van der Waals surface area (Å²) in [6.45, 7) is 1.08. The molecule has 1 fully saturated rings. The van der Waals surface area contributed by atoms with E-state index in [1.54, 1.807) is 0 Å². The first-order valence-electron chi connectivity index (χ1n) is 10.1. The summed E-state index contributed by atoms with van der Waals surface area (Å²) in [5, 5.41) is 15.5. The highest BCUT2D eigenvalue weighted by molar-refractivity contribution is 5.89. The molecule has 0 amide bonds. The lowest BCUT2D eigenvalue weighted by Crippen LogP contribution is -2.22. The Morgan fingerprint density at radius 2 is 2.07 bits per heavy atom. The summed E-state index contributed by atoms with van der Waals surface area (Å²) in [6.07, 6.45) is 9.59. The average Bonchev–Trinajstić information content (AvgIpc) is 3.16. The predicted molar refractivity (Wildman–Crippen MR) is 102 cm³/mol. The van der Waals surface area contributed by atoms with Crippen LogP contribution in [-0.2, 0) is 17.6 Å². The fraction of sp³-hybridized carbons (Fsp3) is 0.600. The summed E-state index contributed by atoms with van der Waals surface area (Å²) < 4.78 is 7.92. The number of nitrogens with one attached hydrogen (secondary N) is 1. The number of hydrogen-bond donors (Lipinski definition) is 1. The molecule has 1 aliphatic carbocycles. The number of aryl methyl sites for hydroxylation is 1. The maximum atomic E-state index is 11.6. The number of fused-ring (bicyclic) bond motifs is 1. The molecule has 2 aromatic rings. The fourth-order valence-electron chi connectivity index (χ4n) is 4.01. The highest BCUT2D eigenvalue weighted by atomic mass is 16.5. The van der Waals surface area contributed by atoms with Crippen LogP contribution in [0.15, 0.2) is 18.2 Å². The SMILES string of the molecule is O=C1CNc2ccc(OCCCCc3nnnn3C3CCCCC3)cc2C1. The van der Waals surface area contributed by atoms with Crippen molar-refractivity contribution in [3.63, 3.8) is 0 Å². The van der Waals surface area contributed by atoms with Crippen molar-refractivity contribution in [1.29, 1.82) is 0 Å². The molecule has 7 heteroatoms. The summed E-state index contributed by atoms with van der Waals surface area (Å²) >= 11 is 0. The van der Waals surface area contributed by atoms with Crippen LogP contribution in [0.5, 0.6) is 5.75 Å². The number of benzene rings is 1. The Balaban J connectivity index is 1.23. The summed E-state index contributed by atoms with van der Waals surface area (Å²) in [7, 11) is 0. The molecule has 0 radical (unpaired) electrons. The van der Waals surface area contributed by atoms with Crippen molar-refractivity contribution in [2.75, 3.05) is 18.5 Å². The van der Waals surface area contributed by atoms with E-state index in [9.17, 15) is 4.79 Å². The van der Waals surface area contributed by atoms with Gasteiger partial charge in [-0.05, 0) is 59.9 Å². The van der Waals surface area contributed by atoms with Gasteiger partial charge < -0.3 is 10.1 Å². The van der Waals surface area contributed by atoms with Gasteiger partial charge in [0.2, 0.25) is 0 Å². The van der Waals surface area contributed by atoms with Crippen LogP contribution in [0.25, 0.3) is 0 Å². The van der Waals surface area contributed by atoms with Gasteiger partial charge in [-0.15, -0.1) is 5.10 Å². The number of carbonyl (C=O) groups excluding carboxylic acids is 1. The van der Waals surface area contributed by atoms with Crippen LogP contribution in [0, 0.1) is 0 Å². The van der Waals surface area contributed by atoms with Crippen LogP contribution in [-0.4, -0.2) is 39.1 Å². The second-order valence-electron chi connectivity index (χ2n) is 7.53. The zero-order chi connectivity index (χ0) is 18.5. The Labute approximate surface area is 159 Å². The lowest BCUT2D eigenvalue weighted by atomic mass is 9.95. The highest BCUT2D eigenvalue weighted by Crippen LogP contribution is 2.28. The van der Waals surface area contributed by atoms with E-state index < -0.39 is 0 Å². The van der Waals surface area contributed by atoms with E-state index in [1.165, 1.54) is 32.1 Å². The van der Waals surface area contributed by atoms with Crippen LogP contribution in [0.3, 0.4) is 0 Å². The molecule has 1 aromatic carbocycles. The van der Waals surface area contributed by atoms with E-state index in [0.29, 0.717) is 25.6 Å². The number of unbranched alkanes of at least 4 members (excludes halogenated alkanes) is 1. The number of carbonyl (C=O) groups is 1. The summed E-state index contributed by atoms with van der Waals surface area (Å²) in [6, 6.07) is 6.41. The number of Topliss-reactive ketones (excluding diaryl/α,β-unsaturated/α-hetero) is 1. The van der Waals surface area contributed by atoms with Crippen molar-refractivity contribution in [2.45, 2.75) is 63.8 Å². The Morgan fingerprint density at radius 1 is 1.19 bits per heavy atom. The van der Waals surface area contributed by atoms with Crippen LogP contribution >= 0.6 is 0 Å². The monoisotopic (exact) mass is 369 g/mol. The number of tetrazole rings is 1. The van der Waals surface area contributed by atoms with E-state index in [4.69, 9.17) is 4.74 Å². The lowest BCUT2D eigenvalue weighted by molar-refractivity contribution is -0.117. The van der Waals surface area contributed by atoms with Crippen molar-refractivity contribution in [2.24, 2.45) is 0 Å². The van der Waals surface area contributed by atoms with Gasteiger partial charge in [0.05, 0.1) is 19.2 Å². The highest BCUT2D eigenvalue weighted by Gasteiger charge is 2.19. The predicted octanol–water partition coefficient (Wildman–Crippen LogP) is 3.12. The minimum Gasteiger partial charge on any atom is -0.494 e. The molecule has 2 heterocycles. The molecule has 0 unspecified atom stereocenters. The minimum absolute atomic E-state index is 0.218. The Kier molecular flexibility index (Phi) is 5.65. The zero-order valence-corrected chi connectivity index (χ0v) is 15.7. The van der Waals surface area contributed by atoms with E-state index in [2.05, 4.69) is 20.8 Å². The Bertz CT molecular complexity index is 782. The van der Waals surface area contributed by atoms with Gasteiger partial charge in [-0.2, -0.15) is 0 Å². The maximum absolute atomic E-state index is 11.6. The van der Waals surface area contributed by atoms with Gasteiger partial charge in [0.1, 0.15) is 5.75 Å². The number of anilines is 1. The van der Waals surface area contributed by atoms with E-state index in [1.807, 2.05) is 22.9 Å². The number of aromatic nitrogens is 4. The molecule has 1 N–H and O–H groups in total. The molecular weight excluding hydrogens is 342 g/mol. The molecule has 0 atom stereocenters. The topological polar surface area (TPSA) is 81.9 Å². The Hall–Kier alpha value is -2.44. The number of rotatable bonds is 7. The zero-order valence-electron chi connectivity index (χ0n) is 15.7. The molecule has 1 saturated carbocycles. The first kappa shape index (κ1) is 17.9. The number of ether oxygens (including phenoxy) is 1. The summed E-state index contributed by atoms with van der Waals surface area (Å²) in [5.74, 6) is 2.05. The third-order valence-electron chi connectivity index (χ3n) is 5.49. The molecule has 144 valence electrons. The summed E-state index contributed by atoms with van der Waals surface area (Å²) in [4.78, 5) is 11.6. The summed E-state index contributed by atoms with van der Waals surface area (Å²) in [5.41, 5.74) is 2.06. The molecule has 4 rings (SSSR count). The quantitative estimate of drug-likeness (QED) is 0.755. The number of nitrogens with zero attached hydrogens (tertiary/aromatic N) is 4. The van der Waals surface area contributed by atoms with Gasteiger partial charge in [0.15, 0.2) is 11.6 Å². The molecule has 7 nitrogen and oxygen atoms in total. The molecule has 0 saturated heterocycles. The van der Waals surface area contributed by atoms with Gasteiger partial charge in [-0.1, -0.05) is 19.3 Å². The average molecular weight is 369 g/mol. The number of hydrogen-bond acceptors (Lipinski definition) is 6. The second kappa shape index (κ2) is 8.50. The van der Waals surface area contributed by atoms with Gasteiger partial charge in [0, 0.05) is 18.5 Å². The van der Waals surface area contributed by atoms with Gasteiger partial charge in [0.25, 0.3) is 0 Å². The van der Waals surface area contributed by atoms with Crippen molar-refractivity contribution in [3.8, 4) is 5.75 Å². The molecule has 0 bridgehead atoms. The number of ketones is 1. The van der Waals surface area contributed by atoms with Crippen molar-refractivity contribution in [3.05, 3.63) is 29.6 Å². The van der Waals surface area contributed by atoms with E-state index in [-0.39, 0.29) is 5.78 Å². The van der Waals surface area contributed by atoms with Crippen LogP contribution in [0.1, 0.15) is 62.4 Å². The third kappa shape index (κ3) is 4.46. The van der Waals surface area contributed by atoms with Gasteiger partial charge in [-0.3, -0.25) is 4.79 Å². The normalized spacial score (nSPS) is 17.4. The van der Waals surface area contributed by atoms with Crippen LogP contribution < -0.4 is 10.1 Å². The molecule has 1 aromatic heterocycles. The first-order chi connectivity index (χ1) is 13.3. The smallest absolute Gasteiger partial charge is 0.156 e. The fourth-order valence-corrected chi connectivity index (χ4v) is 4.01. The first-order valence-corrected chi connectivity index (χ1v) is 10.1. The van der Waals surface area contributed by atoms with Crippen molar-refractivity contribution >= 4 is 11.5 Å². The lowest BCUT2D eigenvalue weighted by Gasteiger charge is -2.22. The van der Waals surface area contributed by atoms with Crippen LogP contribution in [0.4, 0.5) is 5.69 Å². The third-order valence-corrected chi connectivity index (χ3v) is 5.49. The molecule has 1 aliphatic heterocycles. The van der Waals surface area contributed by atoms with Crippen molar-refractivity contribution in [1.82, 2.24) is 20.2 Å². The molecule has 0 spiro atoms. The van der Waals surface area contributed by atoms with Crippen LogP contribution in [0.2, 0.25) is 0 Å². The van der Waals surface area contributed by atoms with Gasteiger partial charge >= 0.3 is 0 Å². The minimum atomic E-state index is 0.218.